The van der Waals surface area contributed by atoms with Crippen LogP contribution in [0.25, 0.3) is 0 Å². The summed E-state index contributed by atoms with van der Waals surface area (Å²) in [6.45, 7) is 3.72. The van der Waals surface area contributed by atoms with Gasteiger partial charge in [0.2, 0.25) is 0 Å². The molecule has 16 heteroatoms. The van der Waals surface area contributed by atoms with Gasteiger partial charge in [0.25, 0.3) is 5.69 Å². The van der Waals surface area contributed by atoms with Crippen molar-refractivity contribution in [3.63, 3.8) is 0 Å². The molecule has 1 aliphatic heterocycles. The van der Waals surface area contributed by atoms with Crippen molar-refractivity contribution in [2.75, 3.05) is 20.3 Å². The Balaban J connectivity index is 1.42. The van der Waals surface area contributed by atoms with Crippen molar-refractivity contribution in [1.29, 1.82) is 0 Å². The number of allylic oxidation sites excluding steroid dienone is 1. The van der Waals surface area contributed by atoms with Crippen molar-refractivity contribution >= 4 is 69.1 Å². The molecule has 3 aromatic rings. The zero-order valence-electron chi connectivity index (χ0n) is 25.4. The molecule has 1 aliphatic rings. The van der Waals surface area contributed by atoms with Gasteiger partial charge in [0.1, 0.15) is 19.0 Å². The van der Waals surface area contributed by atoms with Gasteiger partial charge >= 0.3 is 12.0 Å². The lowest BCUT2D eigenvalue weighted by Crippen LogP contribution is -2.45. The maximum absolute atomic E-state index is 12.5. The number of nitro benzene ring substituents is 1. The standard InChI is InChI=1S/C31H31I2N5O9/c1-4-45-25-12-19(28-27(30(40)44-3)17(2)35-31(41)36-28)7-10-24(25)46-16-26(39)37-34-14-20-11-21(32)13-23(33)29(20)47-15-18-5-8-22(9-6-18)38(42)43/h5-14,26,28,37,39H,4,15-16H2,1-3H3,(H2,35,36,41)/b34-14+/t26-,28-/m1/s1. The number of ether oxygens (including phenoxy) is 4. The number of methoxy groups -OCH3 is 1. The first-order valence-electron chi connectivity index (χ1n) is 14.1. The summed E-state index contributed by atoms with van der Waals surface area (Å²) in [4.78, 5) is 35.1. The number of halogens is 2. The number of nitro groups is 1. The number of urea groups is 1. The number of aliphatic hydroxyl groups is 1. The van der Waals surface area contributed by atoms with Crippen LogP contribution in [0.1, 0.15) is 36.6 Å². The lowest BCUT2D eigenvalue weighted by molar-refractivity contribution is -0.384. The first-order valence-corrected chi connectivity index (χ1v) is 16.2. The lowest BCUT2D eigenvalue weighted by atomic mass is 9.95. The molecule has 0 fully saturated rings. The molecular weight excluding hydrogens is 840 g/mol. The van der Waals surface area contributed by atoms with Crippen LogP contribution in [0.15, 0.2) is 71.0 Å². The second-order valence-corrected chi connectivity index (χ2v) is 12.3. The zero-order valence-corrected chi connectivity index (χ0v) is 29.7. The van der Waals surface area contributed by atoms with E-state index in [4.69, 9.17) is 18.9 Å². The van der Waals surface area contributed by atoms with E-state index in [9.17, 15) is 24.8 Å². The molecule has 0 saturated carbocycles. The van der Waals surface area contributed by atoms with Crippen LogP contribution in [0.2, 0.25) is 0 Å². The fourth-order valence-corrected chi connectivity index (χ4v) is 6.56. The smallest absolute Gasteiger partial charge is 0.337 e. The zero-order chi connectivity index (χ0) is 34.1. The van der Waals surface area contributed by atoms with E-state index in [0.717, 1.165) is 12.7 Å². The first-order chi connectivity index (χ1) is 22.5. The summed E-state index contributed by atoms with van der Waals surface area (Å²) < 4.78 is 24.3. The molecule has 248 valence electrons. The van der Waals surface area contributed by atoms with Gasteiger partial charge in [0.15, 0.2) is 17.7 Å². The molecule has 4 N–H and O–H groups in total. The van der Waals surface area contributed by atoms with Crippen LogP contribution < -0.4 is 30.3 Å². The van der Waals surface area contributed by atoms with Gasteiger partial charge in [-0.05, 0) is 107 Å². The van der Waals surface area contributed by atoms with Gasteiger partial charge in [0, 0.05) is 27.0 Å². The summed E-state index contributed by atoms with van der Waals surface area (Å²) in [6, 6.07) is 13.6. The Hall–Kier alpha value is -4.17. The SMILES string of the molecule is CCOc1cc([C@H]2NC(=O)NC(C)=C2C(=O)OC)ccc1OC[C@@H](O)N/N=C/c1cc(I)cc(I)c1OCc1ccc([N+](=O)[O-])cc1. The number of hydrazone groups is 1. The minimum atomic E-state index is -1.20. The number of aliphatic hydroxyl groups excluding tert-OH is 1. The predicted molar refractivity (Wildman–Crippen MR) is 188 cm³/mol. The second kappa shape index (κ2) is 16.6. The van der Waals surface area contributed by atoms with Gasteiger partial charge in [-0.15, -0.1) is 0 Å². The van der Waals surface area contributed by atoms with E-state index in [2.05, 4.69) is 66.3 Å². The first kappa shape index (κ1) is 35.7. The number of hydrogen-bond donors (Lipinski definition) is 4. The molecule has 0 aromatic heterocycles. The highest BCUT2D eigenvalue weighted by Gasteiger charge is 2.32. The Morgan fingerprint density at radius 2 is 1.87 bits per heavy atom. The second-order valence-electron chi connectivity index (χ2n) is 9.93. The quantitative estimate of drug-likeness (QED) is 0.0434. The average molecular weight is 871 g/mol. The minimum absolute atomic E-state index is 0.000844. The Bertz CT molecular complexity index is 1700. The molecular formula is C31H31I2N5O9. The van der Waals surface area contributed by atoms with Gasteiger partial charge in [0.05, 0.1) is 40.0 Å². The van der Waals surface area contributed by atoms with Crippen molar-refractivity contribution in [2.45, 2.75) is 32.7 Å². The molecule has 0 spiro atoms. The van der Waals surface area contributed by atoms with Crippen molar-refractivity contribution in [2.24, 2.45) is 5.10 Å². The number of benzene rings is 3. The Morgan fingerprint density at radius 1 is 1.13 bits per heavy atom. The summed E-state index contributed by atoms with van der Waals surface area (Å²) >= 11 is 4.34. The summed E-state index contributed by atoms with van der Waals surface area (Å²) in [5.74, 6) is 0.650. The highest BCUT2D eigenvalue weighted by atomic mass is 127. The number of nitrogens with one attached hydrogen (secondary N) is 3. The number of esters is 1. The maximum atomic E-state index is 12.5. The predicted octanol–water partition coefficient (Wildman–Crippen LogP) is 4.90. The van der Waals surface area contributed by atoms with Crippen molar-refractivity contribution in [1.82, 2.24) is 16.1 Å². The molecule has 3 aromatic carbocycles. The van der Waals surface area contributed by atoms with Crippen LogP contribution in [0.5, 0.6) is 17.2 Å². The van der Waals surface area contributed by atoms with E-state index < -0.39 is 29.2 Å². The summed E-state index contributed by atoms with van der Waals surface area (Å²) in [5, 5.41) is 31.0. The van der Waals surface area contributed by atoms with Crippen molar-refractivity contribution in [3.05, 3.63) is 99.8 Å². The van der Waals surface area contributed by atoms with Gasteiger partial charge in [-0.25, -0.2) is 9.59 Å². The third kappa shape index (κ3) is 9.44. The highest BCUT2D eigenvalue weighted by molar-refractivity contribution is 14.1. The van der Waals surface area contributed by atoms with Crippen molar-refractivity contribution < 1.29 is 38.6 Å². The minimum Gasteiger partial charge on any atom is -0.490 e. The average Bonchev–Trinajstić information content (AvgIpc) is 3.03. The molecule has 0 aliphatic carbocycles. The van der Waals surface area contributed by atoms with E-state index in [1.807, 2.05) is 12.1 Å². The van der Waals surface area contributed by atoms with E-state index >= 15 is 0 Å². The monoisotopic (exact) mass is 871 g/mol. The van der Waals surface area contributed by atoms with Crippen LogP contribution in [-0.2, 0) is 16.1 Å². The summed E-state index contributed by atoms with van der Waals surface area (Å²) in [6.07, 6.45) is 0.313. The molecule has 2 amide bonds. The molecule has 0 unspecified atom stereocenters. The number of rotatable bonds is 14. The van der Waals surface area contributed by atoms with E-state index in [-0.39, 0.29) is 24.5 Å². The Morgan fingerprint density at radius 3 is 2.55 bits per heavy atom. The van der Waals surface area contributed by atoms with Gasteiger partial charge in [-0.1, -0.05) is 6.07 Å². The van der Waals surface area contributed by atoms with Crippen LogP contribution in [0.4, 0.5) is 10.5 Å². The van der Waals surface area contributed by atoms with Crippen LogP contribution in [0.3, 0.4) is 0 Å². The number of carbonyl (C=O) groups excluding carboxylic acids is 2. The number of amides is 2. The molecule has 0 saturated heterocycles. The van der Waals surface area contributed by atoms with Gasteiger partial charge in [-0.2, -0.15) is 5.10 Å². The van der Waals surface area contributed by atoms with Gasteiger partial charge < -0.3 is 34.7 Å². The third-order valence-corrected chi connectivity index (χ3v) is 8.09. The molecule has 4 rings (SSSR count). The normalized spacial score (nSPS) is 15.0. The van der Waals surface area contributed by atoms with Gasteiger partial charge in [-0.3, -0.25) is 15.5 Å². The number of nitrogens with zero attached hydrogens (tertiary/aromatic N) is 2. The maximum Gasteiger partial charge on any atom is 0.337 e. The van der Waals surface area contributed by atoms with E-state index in [1.54, 1.807) is 44.2 Å². The van der Waals surface area contributed by atoms with Crippen LogP contribution in [-0.4, -0.2) is 54.8 Å². The number of non-ortho nitro benzene ring substituents is 1. The van der Waals surface area contributed by atoms with Crippen LogP contribution >= 0.6 is 45.2 Å². The molecule has 0 bridgehead atoms. The van der Waals surface area contributed by atoms with E-state index in [1.165, 1.54) is 25.5 Å². The van der Waals surface area contributed by atoms with Crippen LogP contribution in [0, 0.1) is 17.3 Å². The highest BCUT2D eigenvalue weighted by Crippen LogP contribution is 2.35. The molecule has 47 heavy (non-hydrogen) atoms. The Labute approximate surface area is 297 Å². The summed E-state index contributed by atoms with van der Waals surface area (Å²) in [7, 11) is 1.26. The fraction of sp³-hybridized carbons (Fsp3) is 0.258. The van der Waals surface area contributed by atoms with E-state index in [0.29, 0.717) is 40.7 Å². The third-order valence-electron chi connectivity index (χ3n) is 6.67. The molecule has 14 nitrogen and oxygen atoms in total. The van der Waals surface area contributed by atoms with Crippen molar-refractivity contribution in [3.8, 4) is 17.2 Å². The fourth-order valence-electron chi connectivity index (χ4n) is 4.51. The topological polar surface area (TPSA) is 183 Å². The molecule has 0 radical (unpaired) electrons. The lowest BCUT2D eigenvalue weighted by Gasteiger charge is -2.28. The Kier molecular flexibility index (Phi) is 12.6. The summed E-state index contributed by atoms with van der Waals surface area (Å²) in [5.41, 5.74) is 5.24. The largest absolute Gasteiger partial charge is 0.490 e. The number of hydrogen-bond acceptors (Lipinski definition) is 11. The number of carbonyl (C=O) groups is 2. The molecule has 1 heterocycles. The molecule has 2 atom stereocenters.